The monoisotopic (exact) mass is 266 g/mol. The fourth-order valence-electron chi connectivity index (χ4n) is 0.903. The molecule has 0 unspecified atom stereocenters. The van der Waals surface area contributed by atoms with Crippen LogP contribution in [0.25, 0.3) is 0 Å². The van der Waals surface area contributed by atoms with Crippen molar-refractivity contribution in [3.63, 3.8) is 0 Å². The van der Waals surface area contributed by atoms with Crippen LogP contribution in [-0.4, -0.2) is 45.3 Å². The molecule has 0 saturated carbocycles. The second kappa shape index (κ2) is 6.29. The number of hydrogen-bond donors (Lipinski definition) is 3. The molecule has 0 spiro atoms. The zero-order valence-electron chi connectivity index (χ0n) is 10.6. The normalized spacial score (nSPS) is 13.0. The minimum atomic E-state index is -3.58. The second-order valence-electron chi connectivity index (χ2n) is 4.54. The van der Waals surface area contributed by atoms with Gasteiger partial charge < -0.3 is 11.5 Å². The zero-order valence-corrected chi connectivity index (χ0v) is 11.4. The highest BCUT2D eigenvalue weighted by atomic mass is 32.2. The van der Waals surface area contributed by atoms with Crippen LogP contribution in [0.4, 0.5) is 0 Å². The Kier molecular flexibility index (Phi) is 6.03. The number of nitrogens with zero attached hydrogens (tertiary/aromatic N) is 1. The minimum Gasteiger partial charge on any atom is -0.369 e. The van der Waals surface area contributed by atoms with Crippen molar-refractivity contribution in [2.75, 3.05) is 26.7 Å². The lowest BCUT2D eigenvalue weighted by molar-refractivity contribution is -0.125. The van der Waals surface area contributed by atoms with Gasteiger partial charge in [0.2, 0.25) is 5.91 Å². The largest absolute Gasteiger partial charge is 0.369 e. The molecule has 0 aliphatic carbocycles. The molecule has 5 N–H and O–H groups in total. The first-order valence-electron chi connectivity index (χ1n) is 5.34. The molecule has 0 bridgehead atoms. The van der Waals surface area contributed by atoms with E-state index in [0.717, 1.165) is 4.31 Å². The lowest BCUT2D eigenvalue weighted by atomic mass is 9.93. The van der Waals surface area contributed by atoms with Gasteiger partial charge in [-0.25, -0.2) is 4.72 Å². The molecule has 0 aromatic heterocycles. The van der Waals surface area contributed by atoms with Crippen molar-refractivity contribution >= 4 is 16.1 Å². The highest BCUT2D eigenvalue weighted by molar-refractivity contribution is 7.87. The number of nitrogens with one attached hydrogen (secondary N) is 1. The Morgan fingerprint density at radius 3 is 2.35 bits per heavy atom. The predicted molar refractivity (Wildman–Crippen MR) is 66.2 cm³/mol. The summed E-state index contributed by atoms with van der Waals surface area (Å²) in [4.78, 5) is 11.0. The Hall–Kier alpha value is -0.700. The summed E-state index contributed by atoms with van der Waals surface area (Å²) in [5.41, 5.74) is 9.54. The molecule has 1 amide bonds. The molecule has 0 radical (unpaired) electrons. The molecular formula is C9H22N4O3S. The van der Waals surface area contributed by atoms with Gasteiger partial charge in [0.25, 0.3) is 10.2 Å². The number of carbonyl (C=O) groups excluding carboxylic acids is 1. The molecule has 7 nitrogen and oxygen atoms in total. The van der Waals surface area contributed by atoms with Crippen LogP contribution < -0.4 is 16.2 Å². The van der Waals surface area contributed by atoms with E-state index in [1.165, 1.54) is 7.05 Å². The summed E-state index contributed by atoms with van der Waals surface area (Å²) < 4.78 is 27.0. The zero-order chi connectivity index (χ0) is 13.7. The predicted octanol–water partition coefficient (Wildman–Crippen LogP) is -1.39. The number of primary amides is 1. The summed E-state index contributed by atoms with van der Waals surface area (Å²) >= 11 is 0. The molecular weight excluding hydrogens is 244 g/mol. The number of hydrogen-bond acceptors (Lipinski definition) is 4. The fourth-order valence-corrected chi connectivity index (χ4v) is 2.04. The molecule has 0 aliphatic heterocycles. The Morgan fingerprint density at radius 1 is 1.41 bits per heavy atom. The fraction of sp³-hybridized carbons (Fsp3) is 0.889. The average Bonchev–Trinajstić information content (AvgIpc) is 2.23. The topological polar surface area (TPSA) is 119 Å². The van der Waals surface area contributed by atoms with Gasteiger partial charge in [0.05, 0.1) is 5.41 Å². The molecule has 0 aromatic carbocycles. The van der Waals surface area contributed by atoms with Gasteiger partial charge in [-0.3, -0.25) is 4.79 Å². The van der Waals surface area contributed by atoms with Crippen LogP contribution in [0.3, 0.4) is 0 Å². The number of carbonyl (C=O) groups is 1. The molecule has 0 atom stereocenters. The molecule has 102 valence electrons. The lowest BCUT2D eigenvalue weighted by Crippen LogP contribution is -2.46. The van der Waals surface area contributed by atoms with Crippen molar-refractivity contribution in [2.24, 2.45) is 16.9 Å². The van der Waals surface area contributed by atoms with E-state index < -0.39 is 21.5 Å². The Balaban J connectivity index is 4.42. The van der Waals surface area contributed by atoms with Crippen molar-refractivity contribution in [1.29, 1.82) is 0 Å². The smallest absolute Gasteiger partial charge is 0.279 e. The van der Waals surface area contributed by atoms with E-state index in [0.29, 0.717) is 19.5 Å². The van der Waals surface area contributed by atoms with Gasteiger partial charge in [-0.05, 0) is 26.8 Å². The maximum Gasteiger partial charge on any atom is 0.279 e. The summed E-state index contributed by atoms with van der Waals surface area (Å²) in [5, 5.41) is 0. The van der Waals surface area contributed by atoms with Gasteiger partial charge >= 0.3 is 0 Å². The van der Waals surface area contributed by atoms with Crippen molar-refractivity contribution in [3.8, 4) is 0 Å². The summed E-state index contributed by atoms with van der Waals surface area (Å²) in [6.45, 7) is 3.89. The standard InChI is InChI=1S/C9H22N4O3S/c1-9(2,8(11)14)7-12-17(15,16)13(3)6-4-5-10/h12H,4-7,10H2,1-3H3,(H2,11,14). The van der Waals surface area contributed by atoms with Crippen LogP contribution in [-0.2, 0) is 15.0 Å². The maximum atomic E-state index is 11.7. The molecule has 0 aliphatic rings. The van der Waals surface area contributed by atoms with Crippen LogP contribution in [0.1, 0.15) is 20.3 Å². The Labute approximate surface area is 103 Å². The summed E-state index contributed by atoms with van der Waals surface area (Å²) in [5.74, 6) is -0.551. The summed E-state index contributed by atoms with van der Waals surface area (Å²) in [6, 6.07) is 0. The molecule has 0 fully saturated rings. The quantitative estimate of drug-likeness (QED) is 0.501. The SMILES string of the molecule is CN(CCCN)S(=O)(=O)NCC(C)(C)C(N)=O. The number of rotatable bonds is 8. The van der Waals surface area contributed by atoms with Crippen molar-refractivity contribution in [3.05, 3.63) is 0 Å². The van der Waals surface area contributed by atoms with Crippen LogP contribution in [0.15, 0.2) is 0 Å². The van der Waals surface area contributed by atoms with Gasteiger partial charge in [0, 0.05) is 20.1 Å². The maximum absolute atomic E-state index is 11.7. The van der Waals surface area contributed by atoms with E-state index in [1.54, 1.807) is 13.8 Å². The van der Waals surface area contributed by atoms with Gasteiger partial charge in [-0.1, -0.05) is 0 Å². The molecule has 0 heterocycles. The second-order valence-corrected chi connectivity index (χ2v) is 6.40. The summed E-state index contributed by atoms with van der Waals surface area (Å²) in [7, 11) is -2.13. The van der Waals surface area contributed by atoms with Crippen molar-refractivity contribution in [2.45, 2.75) is 20.3 Å². The van der Waals surface area contributed by atoms with Crippen LogP contribution in [0, 0.1) is 5.41 Å². The first-order valence-corrected chi connectivity index (χ1v) is 6.78. The van der Waals surface area contributed by atoms with Gasteiger partial charge in [-0.15, -0.1) is 0 Å². The third-order valence-electron chi connectivity index (χ3n) is 2.45. The van der Waals surface area contributed by atoms with E-state index >= 15 is 0 Å². The molecule has 8 heteroatoms. The van der Waals surface area contributed by atoms with E-state index in [9.17, 15) is 13.2 Å². The highest BCUT2D eigenvalue weighted by Crippen LogP contribution is 2.12. The molecule has 0 rings (SSSR count). The molecule has 0 saturated heterocycles. The van der Waals surface area contributed by atoms with E-state index in [1.807, 2.05) is 0 Å². The highest BCUT2D eigenvalue weighted by Gasteiger charge is 2.28. The first kappa shape index (κ1) is 16.3. The van der Waals surface area contributed by atoms with E-state index in [2.05, 4.69) is 4.72 Å². The van der Waals surface area contributed by atoms with Crippen LogP contribution in [0.2, 0.25) is 0 Å². The average molecular weight is 266 g/mol. The van der Waals surface area contributed by atoms with E-state index in [-0.39, 0.29) is 6.54 Å². The first-order chi connectivity index (χ1) is 7.63. The van der Waals surface area contributed by atoms with Crippen LogP contribution >= 0.6 is 0 Å². The van der Waals surface area contributed by atoms with Crippen molar-refractivity contribution in [1.82, 2.24) is 9.03 Å². The minimum absolute atomic E-state index is 0.0301. The van der Waals surface area contributed by atoms with Gasteiger partial charge in [-0.2, -0.15) is 12.7 Å². The lowest BCUT2D eigenvalue weighted by Gasteiger charge is -2.23. The Morgan fingerprint density at radius 2 is 1.94 bits per heavy atom. The third-order valence-corrected chi connectivity index (χ3v) is 3.96. The molecule has 17 heavy (non-hydrogen) atoms. The number of nitrogens with two attached hydrogens (primary N) is 2. The third kappa shape index (κ3) is 5.44. The van der Waals surface area contributed by atoms with Crippen LogP contribution in [0.5, 0.6) is 0 Å². The van der Waals surface area contributed by atoms with E-state index in [4.69, 9.17) is 11.5 Å². The Bertz CT molecular complexity index is 353. The van der Waals surface area contributed by atoms with Gasteiger partial charge in [0.15, 0.2) is 0 Å². The van der Waals surface area contributed by atoms with Crippen molar-refractivity contribution < 1.29 is 13.2 Å². The number of amides is 1. The summed E-state index contributed by atoms with van der Waals surface area (Å²) in [6.07, 6.45) is 0.580. The molecule has 0 aromatic rings. The van der Waals surface area contributed by atoms with Gasteiger partial charge in [0.1, 0.15) is 0 Å².